The minimum Gasteiger partial charge on any atom is -0.372 e. The van der Waals surface area contributed by atoms with Gasteiger partial charge in [-0.25, -0.2) is 0 Å². The molecule has 0 radical (unpaired) electrons. The fourth-order valence-corrected chi connectivity index (χ4v) is 1.94. The van der Waals surface area contributed by atoms with Crippen LogP contribution in [0.3, 0.4) is 0 Å². The molecule has 0 heterocycles. The first-order valence-electron chi connectivity index (χ1n) is 6.09. The summed E-state index contributed by atoms with van der Waals surface area (Å²) in [6.07, 6.45) is -3.45. The van der Waals surface area contributed by atoms with Crippen LogP contribution in [-0.2, 0) is 12.7 Å². The van der Waals surface area contributed by atoms with Gasteiger partial charge in [0, 0.05) is 25.3 Å². The van der Waals surface area contributed by atoms with Crippen LogP contribution in [0.15, 0.2) is 18.2 Å². The van der Waals surface area contributed by atoms with Crippen LogP contribution in [0.25, 0.3) is 0 Å². The summed E-state index contributed by atoms with van der Waals surface area (Å²) >= 11 is 0. The molecule has 0 amide bonds. The van der Waals surface area contributed by atoms with E-state index in [0.717, 1.165) is 13.0 Å². The molecule has 0 unspecified atom stereocenters. The third-order valence-corrected chi connectivity index (χ3v) is 2.86. The molecule has 1 rings (SSSR count). The predicted molar refractivity (Wildman–Crippen MR) is 67.5 cm³/mol. The average Bonchev–Trinajstić information content (AvgIpc) is 2.34. The zero-order chi connectivity index (χ0) is 13.8. The summed E-state index contributed by atoms with van der Waals surface area (Å²) in [6.45, 7) is 5.26. The number of rotatable bonds is 5. The highest BCUT2D eigenvalue weighted by molar-refractivity contribution is 5.51. The van der Waals surface area contributed by atoms with E-state index in [2.05, 4.69) is 0 Å². The van der Waals surface area contributed by atoms with E-state index in [4.69, 9.17) is 5.73 Å². The maximum Gasteiger partial charge on any atom is 0.416 e. The van der Waals surface area contributed by atoms with Crippen LogP contribution in [0.5, 0.6) is 0 Å². The van der Waals surface area contributed by atoms with Crippen LogP contribution in [0.1, 0.15) is 31.4 Å². The fraction of sp³-hybridized carbons (Fsp3) is 0.538. The van der Waals surface area contributed by atoms with Crippen molar-refractivity contribution in [1.82, 2.24) is 0 Å². The van der Waals surface area contributed by atoms with Crippen molar-refractivity contribution in [3.05, 3.63) is 29.3 Å². The van der Waals surface area contributed by atoms with Crippen molar-refractivity contribution in [1.29, 1.82) is 0 Å². The lowest BCUT2D eigenvalue weighted by atomic mass is 10.1. The molecule has 0 aromatic heterocycles. The first kappa shape index (κ1) is 14.8. The van der Waals surface area contributed by atoms with Gasteiger partial charge in [0.05, 0.1) is 5.56 Å². The number of anilines is 1. The lowest BCUT2D eigenvalue weighted by Crippen LogP contribution is -2.24. The van der Waals surface area contributed by atoms with Crippen LogP contribution in [-0.4, -0.2) is 13.1 Å². The topological polar surface area (TPSA) is 29.3 Å². The van der Waals surface area contributed by atoms with E-state index in [-0.39, 0.29) is 12.1 Å². The molecule has 1 aromatic rings. The lowest BCUT2D eigenvalue weighted by Gasteiger charge is -2.24. The standard InChI is InChI=1S/C13H19F3N2/c1-3-7-18(4-2)11-6-5-10(9-17)12(8-11)13(14,15)16/h5-6,8H,3-4,7,9,17H2,1-2H3. The van der Waals surface area contributed by atoms with Crippen LogP contribution >= 0.6 is 0 Å². The van der Waals surface area contributed by atoms with Gasteiger partial charge in [-0.05, 0) is 31.0 Å². The van der Waals surface area contributed by atoms with Crippen molar-refractivity contribution < 1.29 is 13.2 Å². The number of hydrogen-bond donors (Lipinski definition) is 1. The van der Waals surface area contributed by atoms with Crippen molar-refractivity contribution in [2.75, 3.05) is 18.0 Å². The Labute approximate surface area is 106 Å². The van der Waals surface area contributed by atoms with Gasteiger partial charge in [-0.15, -0.1) is 0 Å². The summed E-state index contributed by atoms with van der Waals surface area (Å²) in [6, 6.07) is 4.37. The zero-order valence-electron chi connectivity index (χ0n) is 10.7. The van der Waals surface area contributed by atoms with Crippen molar-refractivity contribution in [2.45, 2.75) is 33.0 Å². The third kappa shape index (κ3) is 3.38. The van der Waals surface area contributed by atoms with Crippen LogP contribution < -0.4 is 10.6 Å². The highest BCUT2D eigenvalue weighted by Gasteiger charge is 2.33. The molecule has 0 aliphatic carbocycles. The molecule has 0 atom stereocenters. The average molecular weight is 260 g/mol. The summed E-state index contributed by atoms with van der Waals surface area (Å²) in [5, 5.41) is 0. The number of nitrogens with zero attached hydrogens (tertiary/aromatic N) is 1. The van der Waals surface area contributed by atoms with Crippen molar-refractivity contribution >= 4 is 5.69 Å². The molecular weight excluding hydrogens is 241 g/mol. The Morgan fingerprint density at radius 3 is 2.33 bits per heavy atom. The third-order valence-electron chi connectivity index (χ3n) is 2.86. The van der Waals surface area contributed by atoms with Gasteiger partial charge in [-0.3, -0.25) is 0 Å². The van der Waals surface area contributed by atoms with Gasteiger partial charge in [0.15, 0.2) is 0 Å². The quantitative estimate of drug-likeness (QED) is 0.879. The van der Waals surface area contributed by atoms with Gasteiger partial charge in [0.2, 0.25) is 0 Å². The van der Waals surface area contributed by atoms with E-state index in [9.17, 15) is 13.2 Å². The fourth-order valence-electron chi connectivity index (χ4n) is 1.94. The highest BCUT2D eigenvalue weighted by atomic mass is 19.4. The number of halogens is 3. The number of alkyl halides is 3. The molecule has 0 aliphatic rings. The molecule has 5 heteroatoms. The maximum absolute atomic E-state index is 12.9. The van der Waals surface area contributed by atoms with E-state index in [1.807, 2.05) is 18.7 Å². The molecule has 0 saturated carbocycles. The Morgan fingerprint density at radius 2 is 1.89 bits per heavy atom. The lowest BCUT2D eigenvalue weighted by molar-refractivity contribution is -0.138. The van der Waals surface area contributed by atoms with Gasteiger partial charge < -0.3 is 10.6 Å². The minimum absolute atomic E-state index is 0.102. The second kappa shape index (κ2) is 6.09. The maximum atomic E-state index is 12.9. The molecule has 0 fully saturated rings. The molecule has 0 spiro atoms. The highest BCUT2D eigenvalue weighted by Crippen LogP contribution is 2.34. The van der Waals surface area contributed by atoms with E-state index < -0.39 is 11.7 Å². The summed E-state index contributed by atoms with van der Waals surface area (Å²) in [5.74, 6) is 0. The molecule has 1 aromatic carbocycles. The molecule has 2 N–H and O–H groups in total. The van der Waals surface area contributed by atoms with E-state index in [1.54, 1.807) is 6.07 Å². The van der Waals surface area contributed by atoms with Gasteiger partial charge in [-0.1, -0.05) is 13.0 Å². The molecule has 0 aliphatic heterocycles. The summed E-state index contributed by atoms with van der Waals surface area (Å²) in [7, 11) is 0. The van der Waals surface area contributed by atoms with Crippen LogP contribution in [0.2, 0.25) is 0 Å². The largest absolute Gasteiger partial charge is 0.416 e. The summed E-state index contributed by atoms with van der Waals surface area (Å²) in [5.41, 5.74) is 5.46. The van der Waals surface area contributed by atoms with Crippen molar-refractivity contribution in [3.8, 4) is 0 Å². The first-order valence-corrected chi connectivity index (χ1v) is 6.09. The monoisotopic (exact) mass is 260 g/mol. The summed E-state index contributed by atoms with van der Waals surface area (Å²) in [4.78, 5) is 1.93. The zero-order valence-corrected chi connectivity index (χ0v) is 10.7. The molecule has 102 valence electrons. The Balaban J connectivity index is 3.17. The number of nitrogens with two attached hydrogens (primary N) is 1. The van der Waals surface area contributed by atoms with Crippen molar-refractivity contribution in [2.24, 2.45) is 5.73 Å². The van der Waals surface area contributed by atoms with E-state index in [1.165, 1.54) is 12.1 Å². The van der Waals surface area contributed by atoms with Gasteiger partial charge in [-0.2, -0.15) is 13.2 Å². The Morgan fingerprint density at radius 1 is 1.22 bits per heavy atom. The number of hydrogen-bond acceptors (Lipinski definition) is 2. The minimum atomic E-state index is -4.35. The summed E-state index contributed by atoms with van der Waals surface area (Å²) < 4.78 is 38.7. The molecule has 0 bridgehead atoms. The van der Waals surface area contributed by atoms with Crippen LogP contribution in [0.4, 0.5) is 18.9 Å². The predicted octanol–water partition coefficient (Wildman–Crippen LogP) is 3.40. The number of benzene rings is 1. The van der Waals surface area contributed by atoms with Gasteiger partial charge >= 0.3 is 6.18 Å². The Hall–Kier alpha value is -1.23. The molecular formula is C13H19F3N2. The molecule has 0 saturated heterocycles. The normalized spacial score (nSPS) is 11.7. The second-order valence-corrected chi connectivity index (χ2v) is 4.12. The van der Waals surface area contributed by atoms with Crippen LogP contribution in [0, 0.1) is 0 Å². The Kier molecular flexibility index (Phi) is 5.02. The van der Waals surface area contributed by atoms with Gasteiger partial charge in [0.25, 0.3) is 0 Å². The van der Waals surface area contributed by atoms with E-state index in [0.29, 0.717) is 12.2 Å². The van der Waals surface area contributed by atoms with Crippen molar-refractivity contribution in [3.63, 3.8) is 0 Å². The molecule has 18 heavy (non-hydrogen) atoms. The second-order valence-electron chi connectivity index (χ2n) is 4.12. The van der Waals surface area contributed by atoms with E-state index >= 15 is 0 Å². The molecule has 2 nitrogen and oxygen atoms in total. The SMILES string of the molecule is CCCN(CC)c1ccc(CN)c(C(F)(F)F)c1. The Bertz CT molecular complexity index is 388. The smallest absolute Gasteiger partial charge is 0.372 e. The first-order chi connectivity index (χ1) is 8.43. The van der Waals surface area contributed by atoms with Gasteiger partial charge in [0.1, 0.15) is 0 Å².